The summed E-state index contributed by atoms with van der Waals surface area (Å²) in [4.78, 5) is 14.1. The summed E-state index contributed by atoms with van der Waals surface area (Å²) in [6, 6.07) is 0. The van der Waals surface area contributed by atoms with Gasteiger partial charge in [-0.25, -0.2) is 0 Å². The van der Waals surface area contributed by atoms with Gasteiger partial charge in [0.2, 0.25) is 0 Å². The fourth-order valence-electron chi connectivity index (χ4n) is 0.549. The summed E-state index contributed by atoms with van der Waals surface area (Å²) in [5, 5.41) is 0. The first-order valence-electron chi connectivity index (χ1n) is 3.75. The topological polar surface area (TPSA) is 29.4 Å². The molecule has 3 heteroatoms. The van der Waals surface area contributed by atoms with E-state index < -0.39 is 0 Å². The van der Waals surface area contributed by atoms with E-state index in [2.05, 4.69) is 11.6 Å². The summed E-state index contributed by atoms with van der Waals surface area (Å²) in [5.74, 6) is -0.0175. The highest BCUT2D eigenvalue weighted by Gasteiger charge is 1.88. The maximum atomic E-state index is 10.1. The molecule has 0 aliphatic heterocycles. The van der Waals surface area contributed by atoms with Gasteiger partial charge in [0, 0.05) is 18.3 Å². The SMILES string of the molecule is [B]C(C)/C=C\N=C(C=C)CC=O. The zero-order valence-corrected chi connectivity index (χ0v) is 7.23. The molecule has 0 aromatic rings. The molecule has 0 saturated carbocycles. The maximum absolute atomic E-state index is 10.1. The number of nitrogens with zero attached hydrogens (tertiary/aromatic N) is 1. The van der Waals surface area contributed by atoms with Crippen LogP contribution in [0.1, 0.15) is 13.3 Å². The lowest BCUT2D eigenvalue weighted by molar-refractivity contribution is -0.106. The van der Waals surface area contributed by atoms with Crippen LogP contribution in [-0.2, 0) is 4.79 Å². The highest BCUT2D eigenvalue weighted by molar-refractivity contribution is 6.12. The molecule has 2 radical (unpaired) electrons. The van der Waals surface area contributed by atoms with Gasteiger partial charge in [0.05, 0.1) is 7.85 Å². The molecular formula is C9H12BNO. The van der Waals surface area contributed by atoms with Crippen molar-refractivity contribution in [3.05, 3.63) is 24.9 Å². The molecule has 1 atom stereocenters. The molecule has 0 fully saturated rings. The van der Waals surface area contributed by atoms with Gasteiger partial charge in [-0.15, -0.1) is 0 Å². The quantitative estimate of drug-likeness (QED) is 0.342. The molecule has 0 amide bonds. The van der Waals surface area contributed by atoms with E-state index in [0.717, 1.165) is 6.29 Å². The fraction of sp³-hybridized carbons (Fsp3) is 0.333. The monoisotopic (exact) mass is 161 g/mol. The van der Waals surface area contributed by atoms with Crippen LogP contribution in [-0.4, -0.2) is 19.8 Å². The number of aliphatic imine (C=N–C) groups is 1. The minimum Gasteiger partial charge on any atom is -0.303 e. The van der Waals surface area contributed by atoms with Crippen molar-refractivity contribution in [3.63, 3.8) is 0 Å². The van der Waals surface area contributed by atoms with Gasteiger partial charge in [-0.3, -0.25) is 4.99 Å². The largest absolute Gasteiger partial charge is 0.303 e. The van der Waals surface area contributed by atoms with Crippen LogP contribution in [0.2, 0.25) is 5.82 Å². The minimum absolute atomic E-state index is 0.0175. The van der Waals surface area contributed by atoms with Crippen LogP contribution in [0.25, 0.3) is 0 Å². The summed E-state index contributed by atoms with van der Waals surface area (Å²) in [6.07, 6.45) is 5.98. The number of allylic oxidation sites excluding steroid dienone is 2. The van der Waals surface area contributed by atoms with Crippen molar-refractivity contribution >= 4 is 19.8 Å². The molecule has 62 valence electrons. The molecule has 0 saturated heterocycles. The van der Waals surface area contributed by atoms with E-state index >= 15 is 0 Å². The van der Waals surface area contributed by atoms with Gasteiger partial charge >= 0.3 is 0 Å². The Balaban J connectivity index is 4.09. The number of carbonyl (C=O) groups is 1. The number of hydrogen-bond acceptors (Lipinski definition) is 2. The van der Waals surface area contributed by atoms with Crippen LogP contribution >= 0.6 is 0 Å². The van der Waals surface area contributed by atoms with Gasteiger partial charge in [0.15, 0.2) is 0 Å². The van der Waals surface area contributed by atoms with E-state index in [0.29, 0.717) is 12.1 Å². The average molecular weight is 161 g/mol. The third kappa shape index (κ3) is 5.65. The maximum Gasteiger partial charge on any atom is 0.125 e. The Bertz CT molecular complexity index is 207. The second-order valence-electron chi connectivity index (χ2n) is 2.40. The number of aldehydes is 1. The summed E-state index contributed by atoms with van der Waals surface area (Å²) < 4.78 is 0. The average Bonchev–Trinajstić information content (AvgIpc) is 2.02. The van der Waals surface area contributed by atoms with Crippen molar-refractivity contribution < 1.29 is 4.79 Å². The molecule has 0 N–H and O–H groups in total. The van der Waals surface area contributed by atoms with E-state index in [1.807, 2.05) is 6.92 Å². The lowest BCUT2D eigenvalue weighted by atomic mass is 9.90. The highest BCUT2D eigenvalue weighted by Crippen LogP contribution is 1.97. The molecule has 0 aliphatic rings. The predicted octanol–water partition coefficient (Wildman–Crippen LogP) is 1.69. The Labute approximate surface area is 74.5 Å². The molecule has 0 spiro atoms. The second-order valence-corrected chi connectivity index (χ2v) is 2.40. The molecule has 0 aliphatic carbocycles. The molecule has 0 aromatic carbocycles. The lowest BCUT2D eigenvalue weighted by Crippen LogP contribution is -1.92. The zero-order chi connectivity index (χ0) is 9.40. The van der Waals surface area contributed by atoms with Crippen molar-refractivity contribution in [2.45, 2.75) is 19.2 Å². The van der Waals surface area contributed by atoms with Gasteiger partial charge in [0.25, 0.3) is 0 Å². The van der Waals surface area contributed by atoms with Crippen LogP contribution in [0.5, 0.6) is 0 Å². The molecule has 1 unspecified atom stereocenters. The van der Waals surface area contributed by atoms with E-state index in [-0.39, 0.29) is 5.82 Å². The number of carbonyl (C=O) groups excluding carboxylic acids is 1. The summed E-state index contributed by atoms with van der Waals surface area (Å²) >= 11 is 0. The van der Waals surface area contributed by atoms with Crippen molar-refractivity contribution in [3.8, 4) is 0 Å². The van der Waals surface area contributed by atoms with Crippen molar-refractivity contribution in [1.29, 1.82) is 0 Å². The summed E-state index contributed by atoms with van der Waals surface area (Å²) in [6.45, 7) is 5.37. The Morgan fingerprint density at radius 3 is 2.83 bits per heavy atom. The summed E-state index contributed by atoms with van der Waals surface area (Å²) in [7, 11) is 5.44. The Kier molecular flexibility index (Phi) is 5.97. The second kappa shape index (κ2) is 6.59. The third-order valence-corrected chi connectivity index (χ3v) is 1.16. The first kappa shape index (κ1) is 10.9. The van der Waals surface area contributed by atoms with Crippen LogP contribution in [0.3, 0.4) is 0 Å². The van der Waals surface area contributed by atoms with Crippen molar-refractivity contribution in [1.82, 2.24) is 0 Å². The van der Waals surface area contributed by atoms with Crippen LogP contribution < -0.4 is 0 Å². The molecule has 0 heterocycles. The van der Waals surface area contributed by atoms with Gasteiger partial charge in [0.1, 0.15) is 6.29 Å². The van der Waals surface area contributed by atoms with Gasteiger partial charge < -0.3 is 4.79 Å². The van der Waals surface area contributed by atoms with E-state index in [1.54, 1.807) is 18.4 Å². The number of rotatable bonds is 5. The van der Waals surface area contributed by atoms with Gasteiger partial charge in [-0.1, -0.05) is 25.4 Å². The van der Waals surface area contributed by atoms with E-state index in [9.17, 15) is 4.79 Å². The lowest BCUT2D eigenvalue weighted by Gasteiger charge is -1.92. The molecular weight excluding hydrogens is 149 g/mol. The summed E-state index contributed by atoms with van der Waals surface area (Å²) in [5.41, 5.74) is 0.655. The highest BCUT2D eigenvalue weighted by atomic mass is 16.1. The molecule has 0 rings (SSSR count). The van der Waals surface area contributed by atoms with Crippen molar-refractivity contribution in [2.24, 2.45) is 4.99 Å². The van der Waals surface area contributed by atoms with Crippen LogP contribution in [0.4, 0.5) is 0 Å². The van der Waals surface area contributed by atoms with Crippen molar-refractivity contribution in [2.75, 3.05) is 0 Å². The first-order chi connectivity index (χ1) is 5.70. The van der Waals surface area contributed by atoms with E-state index in [1.165, 1.54) is 0 Å². The van der Waals surface area contributed by atoms with Gasteiger partial charge in [-0.05, 0) is 6.08 Å². The zero-order valence-electron chi connectivity index (χ0n) is 7.23. The number of hydrogen-bond donors (Lipinski definition) is 0. The smallest absolute Gasteiger partial charge is 0.125 e. The molecule has 0 aromatic heterocycles. The fourth-order valence-corrected chi connectivity index (χ4v) is 0.549. The third-order valence-electron chi connectivity index (χ3n) is 1.16. The Hall–Kier alpha value is -1.12. The Morgan fingerprint density at radius 1 is 1.75 bits per heavy atom. The first-order valence-corrected chi connectivity index (χ1v) is 3.75. The van der Waals surface area contributed by atoms with Crippen LogP contribution in [0.15, 0.2) is 29.9 Å². The Morgan fingerprint density at radius 2 is 2.42 bits per heavy atom. The molecule has 0 bridgehead atoms. The van der Waals surface area contributed by atoms with E-state index in [4.69, 9.17) is 7.85 Å². The normalized spacial score (nSPS) is 14.6. The standard InChI is InChI=1S/C9H12BNO/c1-3-9(5-7-12)11-6-4-8(2)10/h3-4,6-8H,1,5H2,2H3/b6-4-,11-9?. The minimum atomic E-state index is -0.0175. The van der Waals surface area contributed by atoms with Gasteiger partial charge in [-0.2, -0.15) is 0 Å². The molecule has 12 heavy (non-hydrogen) atoms. The molecule has 2 nitrogen and oxygen atoms in total. The van der Waals surface area contributed by atoms with Crippen LogP contribution in [0, 0.1) is 0 Å². The predicted molar refractivity (Wildman–Crippen MR) is 52.6 cm³/mol.